The van der Waals surface area contributed by atoms with Crippen LogP contribution in [0.4, 0.5) is 0 Å². The van der Waals surface area contributed by atoms with Gasteiger partial charge in [-0.25, -0.2) is 0 Å². The third-order valence-corrected chi connectivity index (χ3v) is 4.67. The molecule has 0 aliphatic carbocycles. The van der Waals surface area contributed by atoms with E-state index in [1.54, 1.807) is 4.80 Å². The number of aromatic nitrogens is 3. The van der Waals surface area contributed by atoms with E-state index in [1.165, 1.54) is 0 Å². The first-order valence-electron chi connectivity index (χ1n) is 5.39. The number of alkyl halides is 2. The number of fused-ring (bicyclic) bond motifs is 1. The van der Waals surface area contributed by atoms with Crippen LogP contribution in [0.25, 0.3) is 11.0 Å². The zero-order valence-corrected chi connectivity index (χ0v) is 12.6. The van der Waals surface area contributed by atoms with Crippen LogP contribution in [0.5, 0.6) is 0 Å². The highest BCUT2D eigenvalue weighted by molar-refractivity contribution is 9.12. The van der Waals surface area contributed by atoms with Crippen molar-refractivity contribution < 1.29 is 4.74 Å². The molecule has 0 fully saturated rings. The molecule has 17 heavy (non-hydrogen) atoms. The maximum atomic E-state index is 5.67. The molecule has 1 aromatic heterocycles. The average Bonchev–Trinajstić information content (AvgIpc) is 2.78. The molecule has 2 aromatic rings. The Morgan fingerprint density at radius 2 is 1.88 bits per heavy atom. The number of rotatable bonds is 5. The van der Waals surface area contributed by atoms with E-state index >= 15 is 0 Å². The summed E-state index contributed by atoms with van der Waals surface area (Å²) in [5.41, 5.74) is 1.76. The molecule has 92 valence electrons. The van der Waals surface area contributed by atoms with Crippen molar-refractivity contribution in [3.63, 3.8) is 0 Å². The Hall–Kier alpha value is -0.460. The van der Waals surface area contributed by atoms with Gasteiger partial charge in [-0.1, -0.05) is 44.0 Å². The number of ether oxygens (including phenoxy) is 1. The van der Waals surface area contributed by atoms with Gasteiger partial charge in [-0.15, -0.1) is 0 Å². The highest BCUT2D eigenvalue weighted by atomic mass is 79.9. The quantitative estimate of drug-likeness (QED) is 0.767. The summed E-state index contributed by atoms with van der Waals surface area (Å²) in [4.78, 5) is 1.76. The second-order valence-corrected chi connectivity index (χ2v) is 5.35. The van der Waals surface area contributed by atoms with Crippen molar-refractivity contribution in [1.29, 1.82) is 0 Å². The first kappa shape index (κ1) is 13.0. The predicted molar refractivity (Wildman–Crippen MR) is 74.7 cm³/mol. The van der Waals surface area contributed by atoms with Crippen LogP contribution < -0.4 is 0 Å². The maximum absolute atomic E-state index is 5.67. The van der Waals surface area contributed by atoms with Crippen molar-refractivity contribution in [2.24, 2.45) is 0 Å². The van der Waals surface area contributed by atoms with E-state index in [4.69, 9.17) is 4.74 Å². The van der Waals surface area contributed by atoms with Crippen molar-refractivity contribution in [3.05, 3.63) is 24.3 Å². The molecular formula is C11H13Br2N3O. The lowest BCUT2D eigenvalue weighted by atomic mass is 10.3. The largest absolute Gasteiger partial charge is 0.354 e. The molecule has 0 aliphatic rings. The van der Waals surface area contributed by atoms with Crippen molar-refractivity contribution in [2.75, 3.05) is 11.9 Å². The van der Waals surface area contributed by atoms with Crippen molar-refractivity contribution in [3.8, 4) is 0 Å². The Bertz CT molecular complexity index is 455. The molecule has 0 saturated carbocycles. The smallest absolute Gasteiger partial charge is 0.182 e. The molecule has 0 bridgehead atoms. The van der Waals surface area contributed by atoms with Gasteiger partial charge in [0.05, 0.1) is 4.83 Å². The Labute approximate surface area is 117 Å². The summed E-state index contributed by atoms with van der Waals surface area (Å²) in [7, 11) is 0. The molecule has 6 heteroatoms. The monoisotopic (exact) mass is 361 g/mol. The molecule has 1 aromatic carbocycles. The van der Waals surface area contributed by atoms with E-state index in [1.807, 2.05) is 31.2 Å². The lowest BCUT2D eigenvalue weighted by Gasteiger charge is -2.19. The Kier molecular flexibility index (Phi) is 4.53. The average molecular weight is 363 g/mol. The molecule has 0 spiro atoms. The first-order valence-corrected chi connectivity index (χ1v) is 7.43. The van der Waals surface area contributed by atoms with Crippen molar-refractivity contribution in [2.45, 2.75) is 18.0 Å². The molecule has 2 atom stereocenters. The van der Waals surface area contributed by atoms with Gasteiger partial charge in [-0.2, -0.15) is 15.0 Å². The van der Waals surface area contributed by atoms with Gasteiger partial charge < -0.3 is 4.74 Å². The molecule has 0 radical (unpaired) electrons. The van der Waals surface area contributed by atoms with Crippen LogP contribution in [0.2, 0.25) is 0 Å². The summed E-state index contributed by atoms with van der Waals surface area (Å²) in [6.07, 6.45) is -0.202. The lowest BCUT2D eigenvalue weighted by molar-refractivity contribution is -0.00384. The van der Waals surface area contributed by atoms with Gasteiger partial charge >= 0.3 is 0 Å². The molecule has 0 N–H and O–H groups in total. The zero-order chi connectivity index (χ0) is 12.3. The molecule has 2 rings (SSSR count). The van der Waals surface area contributed by atoms with Gasteiger partial charge in [0.25, 0.3) is 0 Å². The first-order chi connectivity index (χ1) is 8.26. The van der Waals surface area contributed by atoms with Gasteiger partial charge in [-0.3, -0.25) is 0 Å². The fourth-order valence-electron chi connectivity index (χ4n) is 1.55. The molecular weight excluding hydrogens is 350 g/mol. The summed E-state index contributed by atoms with van der Waals surface area (Å²) in [6.45, 7) is 2.59. The van der Waals surface area contributed by atoms with Crippen LogP contribution in [0.3, 0.4) is 0 Å². The number of hydrogen-bond acceptors (Lipinski definition) is 3. The molecule has 4 nitrogen and oxygen atoms in total. The third-order valence-electron chi connectivity index (χ3n) is 2.32. The Balaban J connectivity index is 2.34. The highest BCUT2D eigenvalue weighted by Crippen LogP contribution is 2.22. The second kappa shape index (κ2) is 5.93. The summed E-state index contributed by atoms with van der Waals surface area (Å²) in [6, 6.07) is 7.79. The van der Waals surface area contributed by atoms with Crippen molar-refractivity contribution in [1.82, 2.24) is 15.0 Å². The van der Waals surface area contributed by atoms with E-state index < -0.39 is 0 Å². The van der Waals surface area contributed by atoms with E-state index in [9.17, 15) is 0 Å². The van der Waals surface area contributed by atoms with Crippen LogP contribution >= 0.6 is 31.9 Å². The molecule has 2 unspecified atom stereocenters. The number of nitrogens with zero attached hydrogens (tertiary/aromatic N) is 3. The summed E-state index contributed by atoms with van der Waals surface area (Å²) < 4.78 is 5.67. The minimum Gasteiger partial charge on any atom is -0.354 e. The van der Waals surface area contributed by atoms with Crippen LogP contribution in [0, 0.1) is 0 Å². The van der Waals surface area contributed by atoms with E-state index in [0.717, 1.165) is 16.4 Å². The number of hydrogen-bond donors (Lipinski definition) is 0. The normalized spacial score (nSPS) is 15.0. The SMILES string of the molecule is CCOC(C(Br)CBr)n1nc2ccccc2n1. The summed E-state index contributed by atoms with van der Waals surface area (Å²) >= 11 is 7.00. The Morgan fingerprint density at radius 1 is 1.29 bits per heavy atom. The topological polar surface area (TPSA) is 39.9 Å². The van der Waals surface area contributed by atoms with Gasteiger partial charge in [0.2, 0.25) is 0 Å². The van der Waals surface area contributed by atoms with E-state index in [2.05, 4.69) is 42.1 Å². The molecule has 0 saturated heterocycles. The zero-order valence-electron chi connectivity index (χ0n) is 9.38. The van der Waals surface area contributed by atoms with Crippen LogP contribution in [-0.2, 0) is 4.74 Å². The minimum absolute atomic E-state index is 0.129. The second-order valence-electron chi connectivity index (χ2n) is 3.53. The minimum atomic E-state index is -0.202. The fourth-order valence-corrected chi connectivity index (χ4v) is 2.24. The van der Waals surface area contributed by atoms with Gasteiger partial charge in [0, 0.05) is 11.9 Å². The molecule has 1 heterocycles. The Morgan fingerprint density at radius 3 is 2.35 bits per heavy atom. The van der Waals surface area contributed by atoms with E-state index in [-0.39, 0.29) is 11.1 Å². The molecule has 0 aliphatic heterocycles. The number of benzene rings is 1. The highest BCUT2D eigenvalue weighted by Gasteiger charge is 2.22. The lowest BCUT2D eigenvalue weighted by Crippen LogP contribution is -2.25. The predicted octanol–water partition coefficient (Wildman–Crippen LogP) is 3.12. The maximum Gasteiger partial charge on any atom is 0.182 e. The fraction of sp³-hybridized carbons (Fsp3) is 0.455. The van der Waals surface area contributed by atoms with Crippen LogP contribution in [0.15, 0.2) is 24.3 Å². The van der Waals surface area contributed by atoms with Crippen LogP contribution in [-0.4, -0.2) is 31.8 Å². The standard InChI is InChI=1S/C11H13Br2N3O/c1-2-17-11(8(13)7-12)16-14-9-5-3-4-6-10(9)15-16/h3-6,8,11H,2,7H2,1H3. The number of halogens is 2. The van der Waals surface area contributed by atoms with E-state index in [0.29, 0.717) is 6.61 Å². The summed E-state index contributed by atoms with van der Waals surface area (Å²) in [5.74, 6) is 0. The molecule has 0 amide bonds. The van der Waals surface area contributed by atoms with Gasteiger partial charge in [-0.05, 0) is 19.1 Å². The van der Waals surface area contributed by atoms with Gasteiger partial charge in [0.15, 0.2) is 6.23 Å². The summed E-state index contributed by atoms with van der Waals surface area (Å²) in [5, 5.41) is 9.63. The third kappa shape index (κ3) is 2.86. The van der Waals surface area contributed by atoms with Crippen LogP contribution in [0.1, 0.15) is 13.2 Å². The van der Waals surface area contributed by atoms with Gasteiger partial charge in [0.1, 0.15) is 11.0 Å². The van der Waals surface area contributed by atoms with Crippen molar-refractivity contribution >= 4 is 42.9 Å².